The number of fused-ring (bicyclic) bond motifs is 1. The van der Waals surface area contributed by atoms with Gasteiger partial charge in [0.05, 0.1) is 28.9 Å². The van der Waals surface area contributed by atoms with Gasteiger partial charge in [-0.3, -0.25) is 0 Å². The first-order valence-electron chi connectivity index (χ1n) is 7.69. The smallest absolute Gasteiger partial charge is 0.334 e. The van der Waals surface area contributed by atoms with Crippen LogP contribution in [0.2, 0.25) is 0 Å². The van der Waals surface area contributed by atoms with E-state index < -0.39 is 9.84 Å². The molecule has 0 amide bonds. The fraction of sp³-hybridized carbons (Fsp3) is 0.294. The zero-order valence-electron chi connectivity index (χ0n) is 14.2. The third-order valence-corrected chi connectivity index (χ3v) is 4.79. The molecule has 1 unspecified atom stereocenters. The maximum atomic E-state index is 11.6. The van der Waals surface area contributed by atoms with E-state index in [-0.39, 0.29) is 17.0 Å². The lowest BCUT2D eigenvalue weighted by atomic mass is 10.2. The number of ether oxygens (including phenoxy) is 2. The lowest BCUT2D eigenvalue weighted by molar-refractivity contribution is 0.0845. The predicted octanol–water partition coefficient (Wildman–Crippen LogP) is 2.21. The van der Waals surface area contributed by atoms with Crippen LogP contribution in [0.15, 0.2) is 47.5 Å². The normalized spacial score (nSPS) is 13.1. The van der Waals surface area contributed by atoms with Crippen molar-refractivity contribution < 1.29 is 17.9 Å². The molecule has 0 spiro atoms. The fourth-order valence-electron chi connectivity index (χ4n) is 2.48. The first kappa shape index (κ1) is 17.4. The molecule has 3 rings (SSSR count). The van der Waals surface area contributed by atoms with Crippen LogP contribution in [0.25, 0.3) is 16.8 Å². The van der Waals surface area contributed by atoms with Gasteiger partial charge in [-0.2, -0.15) is 0 Å². The SMILES string of the molecule is COCC(C)Oc1ncc2ccc(-c3ccc(S(C)(=O)=O)cc3)n2n1. The topological polar surface area (TPSA) is 82.8 Å². The lowest BCUT2D eigenvalue weighted by Crippen LogP contribution is -2.19. The quantitative estimate of drug-likeness (QED) is 0.669. The number of aromatic nitrogens is 3. The van der Waals surface area contributed by atoms with Gasteiger partial charge in [-0.15, -0.1) is 5.10 Å². The highest BCUT2D eigenvalue weighted by atomic mass is 32.2. The largest absolute Gasteiger partial charge is 0.457 e. The van der Waals surface area contributed by atoms with Crippen molar-refractivity contribution in [3.05, 3.63) is 42.6 Å². The van der Waals surface area contributed by atoms with Crippen molar-refractivity contribution in [1.82, 2.24) is 14.6 Å². The molecule has 2 aromatic heterocycles. The Bertz CT molecular complexity index is 981. The Kier molecular flexibility index (Phi) is 4.73. The summed E-state index contributed by atoms with van der Waals surface area (Å²) in [6.07, 6.45) is 2.69. The molecule has 0 radical (unpaired) electrons. The van der Waals surface area contributed by atoms with E-state index in [0.29, 0.717) is 6.61 Å². The molecule has 25 heavy (non-hydrogen) atoms. The summed E-state index contributed by atoms with van der Waals surface area (Å²) in [6.45, 7) is 2.31. The minimum atomic E-state index is -3.22. The zero-order chi connectivity index (χ0) is 18.0. The minimum Gasteiger partial charge on any atom is -0.457 e. The molecule has 0 saturated carbocycles. The van der Waals surface area contributed by atoms with Gasteiger partial charge in [0.1, 0.15) is 6.10 Å². The molecule has 2 heterocycles. The van der Waals surface area contributed by atoms with Crippen LogP contribution in [0, 0.1) is 0 Å². The van der Waals surface area contributed by atoms with Crippen LogP contribution in [0.5, 0.6) is 6.01 Å². The number of nitrogens with zero attached hydrogens (tertiary/aromatic N) is 3. The van der Waals surface area contributed by atoms with Gasteiger partial charge in [-0.05, 0) is 31.2 Å². The standard InChI is InChI=1S/C17H19N3O4S/c1-12(11-23-2)24-17-18-10-14-6-9-16(20(14)19-17)13-4-7-15(8-5-13)25(3,21)22/h4-10,12H,11H2,1-3H3. The molecule has 0 N–H and O–H groups in total. The fourth-order valence-corrected chi connectivity index (χ4v) is 3.11. The number of rotatable bonds is 6. The summed E-state index contributed by atoms with van der Waals surface area (Å²) in [7, 11) is -1.62. The van der Waals surface area contributed by atoms with E-state index in [4.69, 9.17) is 9.47 Å². The van der Waals surface area contributed by atoms with Gasteiger partial charge in [0, 0.05) is 18.9 Å². The number of sulfone groups is 1. The van der Waals surface area contributed by atoms with Crippen molar-refractivity contribution in [2.45, 2.75) is 17.9 Å². The van der Waals surface area contributed by atoms with Gasteiger partial charge in [0.15, 0.2) is 9.84 Å². The number of hydrogen-bond acceptors (Lipinski definition) is 6. The van der Waals surface area contributed by atoms with E-state index in [1.807, 2.05) is 19.1 Å². The summed E-state index contributed by atoms with van der Waals surface area (Å²) in [5.74, 6) is 0. The Labute approximate surface area is 146 Å². The monoisotopic (exact) mass is 361 g/mol. The molecule has 0 aliphatic rings. The Hall–Kier alpha value is -2.45. The minimum absolute atomic E-state index is 0.171. The first-order valence-corrected chi connectivity index (χ1v) is 9.58. The average Bonchev–Trinajstić information content (AvgIpc) is 2.97. The number of methoxy groups -OCH3 is 1. The summed E-state index contributed by atoms with van der Waals surface area (Å²) in [6, 6.07) is 10.7. The van der Waals surface area contributed by atoms with E-state index in [0.717, 1.165) is 16.8 Å². The van der Waals surface area contributed by atoms with E-state index in [1.165, 1.54) is 6.26 Å². The van der Waals surface area contributed by atoms with Gasteiger partial charge in [-0.25, -0.2) is 17.9 Å². The van der Waals surface area contributed by atoms with Gasteiger partial charge < -0.3 is 9.47 Å². The van der Waals surface area contributed by atoms with Crippen LogP contribution in [0.4, 0.5) is 0 Å². The van der Waals surface area contributed by atoms with Crippen molar-refractivity contribution in [2.24, 2.45) is 0 Å². The number of hydrogen-bond donors (Lipinski definition) is 0. The molecule has 0 bridgehead atoms. The van der Waals surface area contributed by atoms with Gasteiger partial charge in [0.25, 0.3) is 0 Å². The number of benzene rings is 1. The van der Waals surface area contributed by atoms with Crippen LogP contribution in [-0.4, -0.2) is 49.1 Å². The van der Waals surface area contributed by atoms with Crippen molar-refractivity contribution in [3.63, 3.8) is 0 Å². The molecule has 1 aromatic carbocycles. The van der Waals surface area contributed by atoms with Crippen molar-refractivity contribution >= 4 is 15.4 Å². The van der Waals surface area contributed by atoms with Crippen molar-refractivity contribution in [1.29, 1.82) is 0 Å². The molecule has 132 valence electrons. The van der Waals surface area contributed by atoms with Gasteiger partial charge in [-0.1, -0.05) is 12.1 Å². The zero-order valence-corrected chi connectivity index (χ0v) is 15.0. The molecular weight excluding hydrogens is 342 g/mol. The van der Waals surface area contributed by atoms with Crippen LogP contribution in [0.1, 0.15) is 6.92 Å². The van der Waals surface area contributed by atoms with E-state index in [1.54, 1.807) is 42.1 Å². The Morgan fingerprint density at radius 3 is 2.52 bits per heavy atom. The second kappa shape index (κ2) is 6.81. The van der Waals surface area contributed by atoms with Gasteiger partial charge in [0.2, 0.25) is 0 Å². The van der Waals surface area contributed by atoms with Crippen molar-refractivity contribution in [3.8, 4) is 17.3 Å². The lowest BCUT2D eigenvalue weighted by Gasteiger charge is -2.12. The third-order valence-electron chi connectivity index (χ3n) is 3.66. The molecule has 0 aliphatic carbocycles. The molecule has 8 heteroatoms. The maximum absolute atomic E-state index is 11.6. The summed E-state index contributed by atoms with van der Waals surface area (Å²) in [5.41, 5.74) is 2.48. The Morgan fingerprint density at radius 2 is 1.88 bits per heavy atom. The first-order chi connectivity index (χ1) is 11.9. The molecule has 3 aromatic rings. The Morgan fingerprint density at radius 1 is 1.16 bits per heavy atom. The molecule has 0 aliphatic heterocycles. The molecule has 1 atom stereocenters. The summed E-state index contributed by atoms with van der Waals surface area (Å²) < 4.78 is 35.6. The highest BCUT2D eigenvalue weighted by Gasteiger charge is 2.12. The van der Waals surface area contributed by atoms with E-state index in [9.17, 15) is 8.42 Å². The second-order valence-corrected chi connectivity index (χ2v) is 7.79. The highest BCUT2D eigenvalue weighted by molar-refractivity contribution is 7.90. The van der Waals surface area contributed by atoms with Crippen LogP contribution in [0.3, 0.4) is 0 Å². The van der Waals surface area contributed by atoms with Crippen LogP contribution >= 0.6 is 0 Å². The van der Waals surface area contributed by atoms with Gasteiger partial charge >= 0.3 is 6.01 Å². The maximum Gasteiger partial charge on any atom is 0.334 e. The second-order valence-electron chi connectivity index (χ2n) is 5.78. The molecule has 7 nitrogen and oxygen atoms in total. The average molecular weight is 361 g/mol. The van der Waals surface area contributed by atoms with Crippen LogP contribution < -0.4 is 4.74 Å². The van der Waals surface area contributed by atoms with Crippen molar-refractivity contribution in [2.75, 3.05) is 20.0 Å². The molecule has 0 saturated heterocycles. The predicted molar refractivity (Wildman–Crippen MR) is 93.5 cm³/mol. The summed E-state index contributed by atoms with van der Waals surface area (Å²) in [4.78, 5) is 4.48. The summed E-state index contributed by atoms with van der Waals surface area (Å²) in [5, 5.41) is 4.41. The van der Waals surface area contributed by atoms with Crippen LogP contribution in [-0.2, 0) is 14.6 Å². The van der Waals surface area contributed by atoms with E-state index in [2.05, 4.69) is 10.1 Å². The Balaban J connectivity index is 1.96. The highest BCUT2D eigenvalue weighted by Crippen LogP contribution is 2.24. The third kappa shape index (κ3) is 3.80. The summed E-state index contributed by atoms with van der Waals surface area (Å²) >= 11 is 0. The molecular formula is C17H19N3O4S. The molecule has 0 fully saturated rings. The van der Waals surface area contributed by atoms with E-state index >= 15 is 0 Å².